The van der Waals surface area contributed by atoms with Gasteiger partial charge in [0.25, 0.3) is 0 Å². The van der Waals surface area contributed by atoms with Gasteiger partial charge >= 0.3 is 11.9 Å². The summed E-state index contributed by atoms with van der Waals surface area (Å²) in [6, 6.07) is 0. The Morgan fingerprint density at radius 2 is 2.09 bits per heavy atom. The minimum absolute atomic E-state index is 0.202. The van der Waals surface area contributed by atoms with Crippen molar-refractivity contribution in [2.24, 2.45) is 17.3 Å². The smallest absolute Gasteiger partial charge is 0.335 e. The van der Waals surface area contributed by atoms with Crippen molar-refractivity contribution in [2.75, 3.05) is 0 Å². The van der Waals surface area contributed by atoms with Gasteiger partial charge in [-0.3, -0.25) is 4.79 Å². The van der Waals surface area contributed by atoms with Crippen LogP contribution >= 0.6 is 11.6 Å². The van der Waals surface area contributed by atoms with Crippen LogP contribution in [0.2, 0.25) is 0 Å². The summed E-state index contributed by atoms with van der Waals surface area (Å²) in [4.78, 5) is 23.8. The van der Waals surface area contributed by atoms with Crippen molar-refractivity contribution in [3.63, 3.8) is 0 Å². The zero-order valence-corrected chi connectivity index (χ0v) is 14.3. The number of hydrogen-bond donors (Lipinski definition) is 0. The van der Waals surface area contributed by atoms with Gasteiger partial charge in [0.05, 0.1) is 0 Å². The molecule has 0 saturated heterocycles. The van der Waals surface area contributed by atoms with Crippen molar-refractivity contribution in [1.82, 2.24) is 0 Å². The molecule has 1 heterocycles. The number of alkyl halides is 1. The number of carbonyl (C=O) groups excluding carboxylic acids is 2. The number of halogens is 1. The summed E-state index contributed by atoms with van der Waals surface area (Å²) in [6.07, 6.45) is 3.37. The van der Waals surface area contributed by atoms with Gasteiger partial charge in [0.15, 0.2) is 0 Å². The Hall–Kier alpha value is -1.03. The van der Waals surface area contributed by atoms with Gasteiger partial charge in [0, 0.05) is 29.9 Å². The third-order valence-corrected chi connectivity index (χ3v) is 6.55. The van der Waals surface area contributed by atoms with Crippen molar-refractivity contribution in [3.8, 4) is 0 Å². The van der Waals surface area contributed by atoms with Gasteiger partial charge in [0.2, 0.25) is 5.06 Å². The highest BCUT2D eigenvalue weighted by molar-refractivity contribution is 6.27. The van der Waals surface area contributed by atoms with Crippen molar-refractivity contribution in [1.29, 1.82) is 0 Å². The molecule has 0 aromatic rings. The van der Waals surface area contributed by atoms with Crippen LogP contribution in [0.3, 0.4) is 0 Å². The zero-order chi connectivity index (χ0) is 16.3. The monoisotopic (exact) mass is 326 g/mol. The average molecular weight is 327 g/mol. The van der Waals surface area contributed by atoms with Crippen LogP contribution in [0.1, 0.15) is 53.4 Å². The number of ether oxygens (including phenoxy) is 2. The molecule has 3 aliphatic rings. The molecule has 2 fully saturated rings. The fourth-order valence-corrected chi connectivity index (χ4v) is 5.18. The Kier molecular flexibility index (Phi) is 3.59. The Morgan fingerprint density at radius 1 is 1.41 bits per heavy atom. The van der Waals surface area contributed by atoms with Gasteiger partial charge in [-0.25, -0.2) is 4.79 Å². The Balaban J connectivity index is 2.15. The van der Waals surface area contributed by atoms with E-state index >= 15 is 0 Å². The lowest BCUT2D eigenvalue weighted by atomic mass is 9.52. The van der Waals surface area contributed by atoms with E-state index in [0.29, 0.717) is 23.5 Å². The number of rotatable bonds is 1. The van der Waals surface area contributed by atoms with Crippen LogP contribution in [0.25, 0.3) is 0 Å². The highest BCUT2D eigenvalue weighted by Gasteiger charge is 2.63. The van der Waals surface area contributed by atoms with E-state index in [0.717, 1.165) is 19.3 Å². The first-order chi connectivity index (χ1) is 10.2. The minimum Gasteiger partial charge on any atom is -0.457 e. The standard InChI is InChI=1S/C17H23ClO4/c1-9-6-5-7-12-8-17(18)13(10(2)15(20)22-17)14(16(9,12)4)21-11(3)19/h9,12,14H,5-8H2,1-4H3/t9-,12+,14+,16+,17-/m0/s1. The molecule has 0 N–H and O–H groups in total. The highest BCUT2D eigenvalue weighted by Crippen LogP contribution is 2.62. The molecular weight excluding hydrogens is 304 g/mol. The first-order valence-corrected chi connectivity index (χ1v) is 8.38. The second-order valence-corrected chi connectivity index (χ2v) is 7.86. The Morgan fingerprint density at radius 3 is 2.73 bits per heavy atom. The normalized spacial score (nSPS) is 44.2. The summed E-state index contributed by atoms with van der Waals surface area (Å²) in [5.41, 5.74) is 0.966. The molecular formula is C17H23ClO4. The van der Waals surface area contributed by atoms with Crippen LogP contribution in [0.15, 0.2) is 11.1 Å². The molecule has 2 aliphatic carbocycles. The van der Waals surface area contributed by atoms with Gasteiger partial charge in [-0.15, -0.1) is 0 Å². The van der Waals surface area contributed by atoms with Crippen molar-refractivity contribution >= 4 is 23.5 Å². The van der Waals surface area contributed by atoms with Crippen LogP contribution in [-0.2, 0) is 19.1 Å². The Bertz CT molecular complexity index is 569. The van der Waals surface area contributed by atoms with Gasteiger partial charge in [-0.05, 0) is 25.2 Å². The lowest BCUT2D eigenvalue weighted by Gasteiger charge is -2.56. The van der Waals surface area contributed by atoms with Crippen LogP contribution in [0, 0.1) is 17.3 Å². The van der Waals surface area contributed by atoms with E-state index in [1.807, 2.05) is 0 Å². The molecule has 5 atom stereocenters. The summed E-state index contributed by atoms with van der Waals surface area (Å²) in [5.74, 6) is -0.0614. The first kappa shape index (κ1) is 15.9. The SMILES string of the molecule is CC(=O)O[C@@H]1C2=C(C)C(=O)O[C@@]2(Cl)C[C@H]2CCC[C@H](C)[C@]21C. The van der Waals surface area contributed by atoms with Crippen LogP contribution in [-0.4, -0.2) is 23.1 Å². The fourth-order valence-electron chi connectivity index (χ4n) is 4.68. The maximum absolute atomic E-state index is 12.1. The second-order valence-electron chi connectivity index (χ2n) is 7.25. The molecule has 0 bridgehead atoms. The third kappa shape index (κ3) is 2.03. The van der Waals surface area contributed by atoms with Crippen LogP contribution in [0.4, 0.5) is 0 Å². The summed E-state index contributed by atoms with van der Waals surface area (Å²) < 4.78 is 11.2. The van der Waals surface area contributed by atoms with Crippen LogP contribution < -0.4 is 0 Å². The lowest BCUT2D eigenvalue weighted by Crippen LogP contribution is -2.57. The van der Waals surface area contributed by atoms with Gasteiger partial charge in [-0.1, -0.05) is 38.3 Å². The quantitative estimate of drug-likeness (QED) is 0.546. The van der Waals surface area contributed by atoms with Crippen molar-refractivity contribution < 1.29 is 19.1 Å². The van der Waals surface area contributed by atoms with Crippen molar-refractivity contribution in [3.05, 3.63) is 11.1 Å². The predicted octanol–water partition coefficient (Wildman–Crippen LogP) is 3.57. The molecule has 0 radical (unpaired) electrons. The van der Waals surface area contributed by atoms with E-state index in [4.69, 9.17) is 21.1 Å². The van der Waals surface area contributed by atoms with E-state index in [1.54, 1.807) is 6.92 Å². The fraction of sp³-hybridized carbons (Fsp3) is 0.765. The number of fused-ring (bicyclic) bond motifs is 2. The van der Waals surface area contributed by atoms with E-state index in [1.165, 1.54) is 6.92 Å². The largest absolute Gasteiger partial charge is 0.457 e. The van der Waals surface area contributed by atoms with Gasteiger partial charge in [0.1, 0.15) is 6.10 Å². The van der Waals surface area contributed by atoms with Crippen molar-refractivity contribution in [2.45, 2.75) is 64.5 Å². The van der Waals surface area contributed by atoms with Gasteiger partial charge in [-0.2, -0.15) is 0 Å². The van der Waals surface area contributed by atoms with Gasteiger partial charge < -0.3 is 9.47 Å². The summed E-state index contributed by atoms with van der Waals surface area (Å²) in [5, 5.41) is -1.14. The maximum atomic E-state index is 12.1. The van der Waals surface area contributed by atoms with Crippen LogP contribution in [0.5, 0.6) is 0 Å². The number of esters is 2. The molecule has 122 valence electrons. The second kappa shape index (κ2) is 4.98. The third-order valence-electron chi connectivity index (χ3n) is 6.12. The summed E-state index contributed by atoms with van der Waals surface area (Å²) in [7, 11) is 0. The molecule has 3 rings (SSSR count). The molecule has 0 aromatic carbocycles. The zero-order valence-electron chi connectivity index (χ0n) is 13.6. The van der Waals surface area contributed by atoms with E-state index in [-0.39, 0.29) is 17.3 Å². The number of hydrogen-bond acceptors (Lipinski definition) is 4. The molecule has 4 nitrogen and oxygen atoms in total. The summed E-state index contributed by atoms with van der Waals surface area (Å²) in [6.45, 7) is 7.51. The summed E-state index contributed by atoms with van der Waals surface area (Å²) >= 11 is 6.68. The number of carbonyl (C=O) groups is 2. The van der Waals surface area contributed by atoms with E-state index in [9.17, 15) is 9.59 Å². The molecule has 0 aromatic heterocycles. The molecule has 5 heteroatoms. The van der Waals surface area contributed by atoms with E-state index < -0.39 is 17.1 Å². The topological polar surface area (TPSA) is 52.6 Å². The maximum Gasteiger partial charge on any atom is 0.335 e. The first-order valence-electron chi connectivity index (χ1n) is 8.01. The minimum atomic E-state index is -1.14. The molecule has 0 unspecified atom stereocenters. The predicted molar refractivity (Wildman–Crippen MR) is 82.2 cm³/mol. The molecule has 22 heavy (non-hydrogen) atoms. The molecule has 1 aliphatic heterocycles. The Labute approximate surface area is 136 Å². The van der Waals surface area contributed by atoms with E-state index in [2.05, 4.69) is 13.8 Å². The molecule has 0 amide bonds. The highest BCUT2D eigenvalue weighted by atomic mass is 35.5. The average Bonchev–Trinajstić information content (AvgIpc) is 2.63. The molecule has 0 spiro atoms. The molecule has 2 saturated carbocycles. The lowest BCUT2D eigenvalue weighted by molar-refractivity contribution is -0.170.